The fourth-order valence-corrected chi connectivity index (χ4v) is 5.74. The number of fused-ring (bicyclic) bond motifs is 1. The third kappa shape index (κ3) is 8.82. The van der Waals surface area contributed by atoms with Crippen LogP contribution >= 0.6 is 11.6 Å². The number of H-pyrrole nitrogens is 1. The van der Waals surface area contributed by atoms with Gasteiger partial charge in [0.1, 0.15) is 5.75 Å². The van der Waals surface area contributed by atoms with Crippen molar-refractivity contribution in [2.24, 2.45) is 0 Å². The van der Waals surface area contributed by atoms with Gasteiger partial charge in [-0.2, -0.15) is 0 Å². The molecule has 1 aromatic heterocycles. The van der Waals surface area contributed by atoms with Gasteiger partial charge in [-0.25, -0.2) is 0 Å². The molecule has 8 heteroatoms. The molecule has 0 aliphatic heterocycles. The maximum atomic E-state index is 13.3. The predicted octanol–water partition coefficient (Wildman–Crippen LogP) is 4.79. The van der Waals surface area contributed by atoms with Gasteiger partial charge < -0.3 is 25.6 Å². The summed E-state index contributed by atoms with van der Waals surface area (Å²) >= 11 is 6.08. The maximum absolute atomic E-state index is 13.3. The molecule has 1 aliphatic rings. The monoisotopic (exact) mass is 552 g/mol. The molecular weight excluding hydrogens is 512 g/mol. The van der Waals surface area contributed by atoms with Crippen LogP contribution in [0.15, 0.2) is 53.3 Å². The summed E-state index contributed by atoms with van der Waals surface area (Å²) in [6.07, 6.45) is 9.22. The molecule has 0 bridgehead atoms. The number of aromatic nitrogens is 1. The molecule has 4 rings (SSSR count). The largest absolute Gasteiger partial charge is 0.506 e. The third-order valence-corrected chi connectivity index (χ3v) is 7.88. The van der Waals surface area contributed by atoms with Crippen LogP contribution < -0.4 is 16.2 Å². The second kappa shape index (κ2) is 15.1. The Kier molecular flexibility index (Phi) is 11.2. The van der Waals surface area contributed by atoms with Crippen molar-refractivity contribution in [3.05, 3.63) is 75.0 Å². The zero-order chi connectivity index (χ0) is 27.5. The van der Waals surface area contributed by atoms with E-state index in [0.717, 1.165) is 61.3 Å². The maximum Gasteiger partial charge on any atom is 0.248 e. The number of nitrogens with zero attached hydrogens (tertiary/aromatic N) is 1. The molecule has 39 heavy (non-hydrogen) atoms. The Morgan fingerprint density at radius 2 is 1.72 bits per heavy atom. The topological polar surface area (TPSA) is 97.5 Å². The molecule has 1 saturated carbocycles. The zero-order valence-corrected chi connectivity index (χ0v) is 23.4. The number of rotatable bonds is 13. The van der Waals surface area contributed by atoms with Crippen molar-refractivity contribution < 1.29 is 9.90 Å². The highest BCUT2D eigenvalue weighted by molar-refractivity contribution is 6.30. The first-order valence-electron chi connectivity index (χ1n) is 14.3. The van der Waals surface area contributed by atoms with Gasteiger partial charge in [-0.3, -0.25) is 9.59 Å². The molecule has 0 spiro atoms. The van der Waals surface area contributed by atoms with Crippen LogP contribution in [0.3, 0.4) is 0 Å². The van der Waals surface area contributed by atoms with Gasteiger partial charge >= 0.3 is 0 Å². The lowest BCUT2D eigenvalue weighted by molar-refractivity contribution is -0.133. The number of aromatic amines is 1. The fourth-order valence-electron chi connectivity index (χ4n) is 5.53. The van der Waals surface area contributed by atoms with Crippen molar-refractivity contribution >= 4 is 28.4 Å². The Hall–Kier alpha value is -2.87. The van der Waals surface area contributed by atoms with Gasteiger partial charge in [0, 0.05) is 48.6 Å². The molecule has 1 fully saturated rings. The number of aromatic hydroxyl groups is 1. The summed E-state index contributed by atoms with van der Waals surface area (Å²) in [6, 6.07) is 15.0. The zero-order valence-electron chi connectivity index (χ0n) is 22.7. The molecule has 0 radical (unpaired) electrons. The summed E-state index contributed by atoms with van der Waals surface area (Å²) in [5, 5.41) is 18.7. The first kappa shape index (κ1) is 29.1. The van der Waals surface area contributed by atoms with E-state index in [1.807, 2.05) is 24.3 Å². The molecule has 0 saturated heterocycles. The quantitative estimate of drug-likeness (QED) is 0.180. The summed E-state index contributed by atoms with van der Waals surface area (Å²) in [6.45, 7) is 3.67. The highest BCUT2D eigenvalue weighted by atomic mass is 35.5. The van der Waals surface area contributed by atoms with E-state index in [2.05, 4.69) is 26.6 Å². The van der Waals surface area contributed by atoms with Crippen molar-refractivity contribution in [2.45, 2.75) is 63.8 Å². The Labute approximate surface area is 236 Å². The highest BCUT2D eigenvalue weighted by Gasteiger charge is 2.24. The van der Waals surface area contributed by atoms with Crippen LogP contribution in [0.4, 0.5) is 0 Å². The van der Waals surface area contributed by atoms with Crippen LogP contribution in [0.25, 0.3) is 10.9 Å². The number of hydrogen-bond donors (Lipinski definition) is 4. The number of phenols is 1. The molecule has 2 aromatic carbocycles. The number of nitrogens with one attached hydrogen (secondary N) is 3. The molecular formula is C31H41ClN4O3. The minimum Gasteiger partial charge on any atom is -0.506 e. The van der Waals surface area contributed by atoms with Gasteiger partial charge in [0.15, 0.2) is 0 Å². The van der Waals surface area contributed by atoms with Gasteiger partial charge in [-0.1, -0.05) is 55.5 Å². The van der Waals surface area contributed by atoms with E-state index < -0.39 is 0 Å². The molecule has 1 heterocycles. The minimum atomic E-state index is -0.229. The second-order valence-electron chi connectivity index (χ2n) is 10.5. The summed E-state index contributed by atoms with van der Waals surface area (Å²) in [7, 11) is 0. The predicted molar refractivity (Wildman–Crippen MR) is 159 cm³/mol. The minimum absolute atomic E-state index is 0.0796. The highest BCUT2D eigenvalue weighted by Crippen LogP contribution is 2.25. The molecule has 0 atom stereocenters. The van der Waals surface area contributed by atoms with Gasteiger partial charge in [-0.05, 0) is 74.2 Å². The van der Waals surface area contributed by atoms with Crippen molar-refractivity contribution in [3.63, 3.8) is 0 Å². The normalized spacial score (nSPS) is 14.4. The van der Waals surface area contributed by atoms with Crippen molar-refractivity contribution in [1.82, 2.24) is 20.5 Å². The van der Waals surface area contributed by atoms with Crippen molar-refractivity contribution in [3.8, 4) is 5.75 Å². The Balaban J connectivity index is 1.25. The van der Waals surface area contributed by atoms with E-state index in [1.165, 1.54) is 37.3 Å². The van der Waals surface area contributed by atoms with Crippen molar-refractivity contribution in [2.75, 3.05) is 32.7 Å². The lowest BCUT2D eigenvalue weighted by Gasteiger charge is -2.32. The number of halogens is 1. The number of carbonyl (C=O) groups excluding carboxylic acids is 1. The summed E-state index contributed by atoms with van der Waals surface area (Å²) in [4.78, 5) is 29.8. The van der Waals surface area contributed by atoms with E-state index >= 15 is 0 Å². The molecule has 7 nitrogen and oxygen atoms in total. The van der Waals surface area contributed by atoms with Gasteiger partial charge in [0.2, 0.25) is 11.5 Å². The molecule has 0 unspecified atom stereocenters. The first-order chi connectivity index (χ1) is 19.0. The fraction of sp³-hybridized carbons (Fsp3) is 0.484. The van der Waals surface area contributed by atoms with Crippen LogP contribution in [-0.4, -0.2) is 59.7 Å². The summed E-state index contributed by atoms with van der Waals surface area (Å²) in [5.74, 6) is 0.309. The number of amides is 1. The van der Waals surface area contributed by atoms with E-state index in [4.69, 9.17) is 11.6 Å². The number of phenolic OH excluding ortho intramolecular Hbond substituents is 1. The van der Waals surface area contributed by atoms with Crippen LogP contribution in [0.1, 0.15) is 56.1 Å². The lowest BCUT2D eigenvalue weighted by atomic mass is 10.0. The Morgan fingerprint density at radius 3 is 2.51 bits per heavy atom. The number of pyridine rings is 1. The third-order valence-electron chi connectivity index (χ3n) is 7.64. The number of carbonyl (C=O) groups is 1. The van der Waals surface area contributed by atoms with Gasteiger partial charge in [0.25, 0.3) is 0 Å². The van der Waals surface area contributed by atoms with Crippen LogP contribution in [-0.2, 0) is 17.6 Å². The molecule has 210 valence electrons. The molecule has 1 aliphatic carbocycles. The summed E-state index contributed by atoms with van der Waals surface area (Å²) in [5.41, 5.74) is 2.51. The number of benzene rings is 2. The van der Waals surface area contributed by atoms with E-state index in [-0.39, 0.29) is 17.2 Å². The smallest absolute Gasteiger partial charge is 0.248 e. The van der Waals surface area contributed by atoms with E-state index in [0.29, 0.717) is 31.1 Å². The van der Waals surface area contributed by atoms with Crippen LogP contribution in [0, 0.1) is 0 Å². The summed E-state index contributed by atoms with van der Waals surface area (Å²) < 4.78 is 0. The molecule has 4 N–H and O–H groups in total. The number of hydrogen-bond acceptors (Lipinski definition) is 5. The van der Waals surface area contributed by atoms with Crippen molar-refractivity contribution in [1.29, 1.82) is 0 Å². The van der Waals surface area contributed by atoms with Crippen LogP contribution in [0.2, 0.25) is 5.02 Å². The standard InChI is InChI=1S/C31H41ClN4O3/c32-25-7-5-6-23(22-25)14-17-33-19-16-30(39)36(26-8-3-1-2-4-9-26)21-20-34-18-15-24-10-12-28(37)31-27(24)11-13-29(38)35-31/h5-7,10-13,22,26,33-34,37H,1-4,8-9,14-21H2,(H,35,38). The first-order valence-corrected chi connectivity index (χ1v) is 14.7. The van der Waals surface area contributed by atoms with E-state index in [1.54, 1.807) is 12.1 Å². The van der Waals surface area contributed by atoms with E-state index in [9.17, 15) is 14.7 Å². The SMILES string of the molecule is O=C(CCNCCc1cccc(Cl)c1)N(CCNCCc1ccc(O)c2[nH]c(=O)ccc12)C1CCCCCC1. The average Bonchev–Trinajstić information content (AvgIpc) is 3.21. The molecule has 3 aromatic rings. The molecule has 1 amide bonds. The van der Waals surface area contributed by atoms with Crippen LogP contribution in [0.5, 0.6) is 5.75 Å². The Bertz CT molecular complexity index is 1270. The van der Waals surface area contributed by atoms with Gasteiger partial charge in [0.05, 0.1) is 5.52 Å². The Morgan fingerprint density at radius 1 is 0.949 bits per heavy atom. The average molecular weight is 553 g/mol. The lowest BCUT2D eigenvalue weighted by Crippen LogP contribution is -2.45. The second-order valence-corrected chi connectivity index (χ2v) is 10.9. The van der Waals surface area contributed by atoms with Gasteiger partial charge in [-0.15, -0.1) is 0 Å².